The third-order valence-corrected chi connectivity index (χ3v) is 5.94. The summed E-state index contributed by atoms with van der Waals surface area (Å²) in [6, 6.07) is 9.48. The van der Waals surface area contributed by atoms with Crippen molar-refractivity contribution in [1.29, 1.82) is 0 Å². The van der Waals surface area contributed by atoms with Crippen LogP contribution in [-0.4, -0.2) is 24.6 Å². The van der Waals surface area contributed by atoms with Crippen LogP contribution in [-0.2, 0) is 21.5 Å². The number of hydrogen-bond acceptors (Lipinski definition) is 4. The number of para-hydroxylation sites is 1. The van der Waals surface area contributed by atoms with Crippen molar-refractivity contribution in [3.8, 4) is 0 Å². The van der Waals surface area contributed by atoms with E-state index in [1.807, 2.05) is 60.2 Å². The third kappa shape index (κ3) is 5.98. The molecule has 0 aliphatic heterocycles. The maximum absolute atomic E-state index is 12.3. The first-order valence-electron chi connectivity index (χ1n) is 8.72. The van der Waals surface area contributed by atoms with Crippen molar-refractivity contribution in [3.05, 3.63) is 52.1 Å². The highest BCUT2D eigenvalue weighted by molar-refractivity contribution is 7.85. The van der Waals surface area contributed by atoms with Crippen LogP contribution in [0.1, 0.15) is 37.4 Å². The zero-order chi connectivity index (χ0) is 20.0. The molecule has 146 valence electrons. The van der Waals surface area contributed by atoms with E-state index >= 15 is 0 Å². The maximum Gasteiger partial charge on any atom is 0.265 e. The van der Waals surface area contributed by atoms with Gasteiger partial charge in [-0.1, -0.05) is 36.5 Å². The lowest BCUT2D eigenvalue weighted by Crippen LogP contribution is -2.38. The quantitative estimate of drug-likeness (QED) is 0.535. The highest BCUT2D eigenvalue weighted by Gasteiger charge is 2.21. The number of rotatable bonds is 8. The Labute approximate surface area is 164 Å². The van der Waals surface area contributed by atoms with Gasteiger partial charge in [0, 0.05) is 37.7 Å². The van der Waals surface area contributed by atoms with E-state index in [0.29, 0.717) is 19.4 Å². The van der Waals surface area contributed by atoms with Crippen molar-refractivity contribution in [2.75, 3.05) is 10.7 Å². The molecule has 0 aliphatic carbocycles. The molecule has 0 aliphatic rings. The van der Waals surface area contributed by atoms with Gasteiger partial charge in [0.25, 0.3) is 15.1 Å². The fourth-order valence-corrected chi connectivity index (χ4v) is 4.32. The average Bonchev–Trinajstić information content (AvgIpc) is 2.94. The first-order chi connectivity index (χ1) is 12.7. The Bertz CT molecular complexity index is 918. The standard InChI is InChI=1S/C19H24N2O4S2/c1-4-17(21(16(3)22)18-9-6-5-7-10-18)13-19-20(15(2)14-26-19)11-8-12-27(23,24)25/h5-7,9-10,13-14H,4,8,11-12H2,1-3H3/p+1. The van der Waals surface area contributed by atoms with Crippen molar-refractivity contribution in [1.82, 2.24) is 0 Å². The van der Waals surface area contributed by atoms with Gasteiger partial charge in [0.1, 0.15) is 0 Å². The van der Waals surface area contributed by atoms with E-state index in [1.165, 1.54) is 18.3 Å². The van der Waals surface area contributed by atoms with Crippen LogP contribution >= 0.6 is 11.3 Å². The SMILES string of the molecule is CC/C(=C\c1scc(C)[n+]1CCCS(=O)(=O)O)N(C(C)=O)c1ccccc1. The van der Waals surface area contributed by atoms with Crippen molar-refractivity contribution in [2.24, 2.45) is 0 Å². The van der Waals surface area contributed by atoms with E-state index < -0.39 is 10.1 Å². The van der Waals surface area contributed by atoms with Gasteiger partial charge in [-0.05, 0) is 18.6 Å². The summed E-state index contributed by atoms with van der Waals surface area (Å²) in [5, 5.41) is 2.93. The number of thiazole rings is 1. The summed E-state index contributed by atoms with van der Waals surface area (Å²) >= 11 is 1.54. The van der Waals surface area contributed by atoms with Gasteiger partial charge in [-0.3, -0.25) is 14.2 Å². The second kappa shape index (κ2) is 9.25. The number of hydrogen-bond donors (Lipinski definition) is 1. The summed E-state index contributed by atoms with van der Waals surface area (Å²) in [4.78, 5) is 14.0. The van der Waals surface area contributed by atoms with Crippen LogP contribution in [0.5, 0.6) is 0 Å². The average molecular weight is 410 g/mol. The highest BCUT2D eigenvalue weighted by Crippen LogP contribution is 2.24. The van der Waals surface area contributed by atoms with Crippen molar-refractivity contribution < 1.29 is 22.3 Å². The van der Waals surface area contributed by atoms with Gasteiger partial charge in [-0.2, -0.15) is 13.0 Å². The van der Waals surface area contributed by atoms with Crippen LogP contribution < -0.4 is 9.47 Å². The number of carbonyl (C=O) groups excluding carboxylic acids is 1. The Morgan fingerprint density at radius 1 is 1.30 bits per heavy atom. The van der Waals surface area contributed by atoms with Crippen molar-refractivity contribution in [3.63, 3.8) is 0 Å². The Balaban J connectivity index is 2.35. The number of benzene rings is 1. The summed E-state index contributed by atoms with van der Waals surface area (Å²) in [5.41, 5.74) is 2.68. The molecular weight excluding hydrogens is 384 g/mol. The van der Waals surface area contributed by atoms with Crippen LogP contribution in [0.2, 0.25) is 0 Å². The molecule has 2 aromatic rings. The van der Waals surface area contributed by atoms with Gasteiger partial charge in [0.15, 0.2) is 12.2 Å². The number of aromatic nitrogens is 1. The number of anilines is 1. The maximum atomic E-state index is 12.3. The lowest BCUT2D eigenvalue weighted by molar-refractivity contribution is -0.699. The minimum absolute atomic E-state index is 0.0690. The molecule has 27 heavy (non-hydrogen) atoms. The minimum Gasteiger partial charge on any atom is -0.286 e. The van der Waals surface area contributed by atoms with E-state index in [0.717, 1.165) is 22.1 Å². The monoisotopic (exact) mass is 409 g/mol. The van der Waals surface area contributed by atoms with Gasteiger partial charge in [0.05, 0.1) is 11.1 Å². The molecule has 2 rings (SSSR count). The number of carbonyl (C=O) groups is 1. The zero-order valence-electron chi connectivity index (χ0n) is 15.8. The molecule has 0 atom stereocenters. The Morgan fingerprint density at radius 2 is 1.96 bits per heavy atom. The second-order valence-electron chi connectivity index (χ2n) is 6.19. The Hall–Kier alpha value is -2.03. The topological polar surface area (TPSA) is 78.6 Å². The van der Waals surface area contributed by atoms with Crippen molar-refractivity contribution in [2.45, 2.75) is 40.2 Å². The van der Waals surface area contributed by atoms with Crippen LogP contribution in [0, 0.1) is 6.92 Å². The number of nitrogens with zero attached hydrogens (tertiary/aromatic N) is 2. The van der Waals surface area contributed by atoms with Crippen LogP contribution in [0.25, 0.3) is 6.08 Å². The second-order valence-corrected chi connectivity index (χ2v) is 8.65. The normalized spacial score (nSPS) is 12.2. The summed E-state index contributed by atoms with van der Waals surface area (Å²) in [6.07, 6.45) is 2.95. The van der Waals surface area contributed by atoms with E-state index in [2.05, 4.69) is 0 Å². The first-order valence-corrected chi connectivity index (χ1v) is 11.2. The minimum atomic E-state index is -3.97. The van der Waals surface area contributed by atoms with Crippen molar-refractivity contribution >= 4 is 39.1 Å². The molecule has 0 bridgehead atoms. The molecule has 1 aromatic carbocycles. The third-order valence-electron chi connectivity index (χ3n) is 4.09. The molecule has 0 unspecified atom stereocenters. The Kier molecular flexibility index (Phi) is 7.29. The number of allylic oxidation sites excluding steroid dienone is 1. The van der Waals surface area contributed by atoms with Crippen LogP contribution in [0.15, 0.2) is 41.4 Å². The smallest absolute Gasteiger partial charge is 0.265 e. The summed E-state index contributed by atoms with van der Waals surface area (Å²) in [6.45, 7) is 5.96. The molecule has 0 radical (unpaired) electrons. The molecule has 0 saturated carbocycles. The predicted octanol–water partition coefficient (Wildman–Crippen LogP) is 3.43. The largest absolute Gasteiger partial charge is 0.286 e. The van der Waals surface area contributed by atoms with Gasteiger partial charge in [-0.25, -0.2) is 0 Å². The first kappa shape index (κ1) is 21.3. The Morgan fingerprint density at radius 3 is 2.52 bits per heavy atom. The molecule has 1 N–H and O–H groups in total. The van der Waals surface area contributed by atoms with Gasteiger partial charge in [0.2, 0.25) is 5.91 Å². The van der Waals surface area contributed by atoms with Gasteiger partial charge < -0.3 is 0 Å². The summed E-state index contributed by atoms with van der Waals surface area (Å²) in [5.74, 6) is -0.344. The van der Waals surface area contributed by atoms with Gasteiger partial charge >= 0.3 is 0 Å². The fourth-order valence-electron chi connectivity index (χ4n) is 2.84. The van der Waals surface area contributed by atoms with Gasteiger partial charge in [-0.15, -0.1) is 0 Å². The summed E-state index contributed by atoms with van der Waals surface area (Å²) < 4.78 is 32.9. The molecule has 6 nitrogen and oxygen atoms in total. The zero-order valence-corrected chi connectivity index (χ0v) is 17.4. The van der Waals surface area contributed by atoms with Crippen LogP contribution in [0.4, 0.5) is 5.69 Å². The molecule has 1 heterocycles. The lowest BCUT2D eigenvalue weighted by Gasteiger charge is -2.23. The molecule has 0 spiro atoms. The molecule has 8 heteroatoms. The van der Waals surface area contributed by atoms with E-state index in [-0.39, 0.29) is 11.7 Å². The lowest BCUT2D eigenvalue weighted by atomic mass is 10.2. The number of amides is 1. The van der Waals surface area contributed by atoms with E-state index in [4.69, 9.17) is 4.55 Å². The predicted molar refractivity (Wildman–Crippen MR) is 108 cm³/mol. The molecule has 0 fully saturated rings. The molecule has 1 aromatic heterocycles. The van der Waals surface area contributed by atoms with E-state index in [9.17, 15) is 13.2 Å². The molecule has 1 amide bonds. The summed E-state index contributed by atoms with van der Waals surface area (Å²) in [7, 11) is -3.97. The molecular formula is C19H25N2O4S2+. The highest BCUT2D eigenvalue weighted by atomic mass is 32.2. The van der Waals surface area contributed by atoms with E-state index in [1.54, 1.807) is 4.90 Å². The van der Waals surface area contributed by atoms with Crippen LogP contribution in [0.3, 0.4) is 0 Å². The number of aryl methyl sites for hydroxylation is 1. The fraction of sp³-hybridized carbons (Fsp3) is 0.368. The molecule has 0 saturated heterocycles.